The Kier molecular flexibility index (Phi) is 5.73. The van der Waals surface area contributed by atoms with Crippen LogP contribution in [0.3, 0.4) is 0 Å². The number of alkyl halides is 2. The van der Waals surface area contributed by atoms with Gasteiger partial charge in [-0.25, -0.2) is 14.3 Å². The molecule has 0 unspecified atom stereocenters. The van der Waals surface area contributed by atoms with Crippen LogP contribution in [0.2, 0.25) is 0 Å². The lowest BCUT2D eigenvalue weighted by Crippen LogP contribution is -2.42. The molecule has 9 nitrogen and oxygen atoms in total. The Labute approximate surface area is 163 Å². The topological polar surface area (TPSA) is 124 Å². The van der Waals surface area contributed by atoms with Crippen molar-refractivity contribution in [3.8, 4) is 5.75 Å². The van der Waals surface area contributed by atoms with Gasteiger partial charge in [-0.1, -0.05) is 0 Å². The van der Waals surface area contributed by atoms with Crippen molar-refractivity contribution in [2.45, 2.75) is 37.7 Å². The molecule has 1 aromatic heterocycles. The van der Waals surface area contributed by atoms with Crippen LogP contribution in [-0.4, -0.2) is 62.4 Å². The Hall–Kier alpha value is -2.76. The first kappa shape index (κ1) is 21.0. The summed E-state index contributed by atoms with van der Waals surface area (Å²) in [6, 6.07) is 4.90. The minimum Gasteiger partial charge on any atom is -0.497 e. The van der Waals surface area contributed by atoms with E-state index >= 15 is 0 Å². The van der Waals surface area contributed by atoms with E-state index in [1.807, 2.05) is 0 Å². The third-order valence-corrected chi connectivity index (χ3v) is 4.52. The minimum atomic E-state index is -3.84. The third-order valence-electron chi connectivity index (χ3n) is 4.52. The SMILES string of the molecule is COc1cc(C)cc(C(=O)Cc2ncn([C@@H]3O[C@H](CO)[C@@H](O)C3(F)F)c(=O)n2)c1. The van der Waals surface area contributed by atoms with E-state index in [0.29, 0.717) is 15.9 Å². The molecule has 1 fully saturated rings. The Bertz CT molecular complexity index is 980. The van der Waals surface area contributed by atoms with Gasteiger partial charge in [-0.15, -0.1) is 0 Å². The molecule has 1 aromatic carbocycles. The molecule has 11 heteroatoms. The van der Waals surface area contributed by atoms with E-state index in [4.69, 9.17) is 14.6 Å². The van der Waals surface area contributed by atoms with E-state index in [-0.39, 0.29) is 18.0 Å². The minimum absolute atomic E-state index is 0.155. The molecule has 2 aromatic rings. The van der Waals surface area contributed by atoms with E-state index < -0.39 is 36.7 Å². The summed E-state index contributed by atoms with van der Waals surface area (Å²) in [5, 5.41) is 18.6. The number of carbonyl (C=O) groups excluding carboxylic acids is 1. The summed E-state index contributed by atoms with van der Waals surface area (Å²) >= 11 is 0. The number of nitrogens with zero attached hydrogens (tertiary/aromatic N) is 3. The van der Waals surface area contributed by atoms with Gasteiger partial charge in [0.05, 0.1) is 20.1 Å². The van der Waals surface area contributed by atoms with Crippen LogP contribution in [-0.2, 0) is 11.2 Å². The Morgan fingerprint density at radius 1 is 1.38 bits per heavy atom. The number of benzene rings is 1. The van der Waals surface area contributed by atoms with Gasteiger partial charge in [-0.3, -0.25) is 4.79 Å². The number of aryl methyl sites for hydroxylation is 1. The summed E-state index contributed by atoms with van der Waals surface area (Å²) in [5.74, 6) is -3.89. The molecular weight excluding hydrogens is 392 g/mol. The number of ether oxygens (including phenoxy) is 2. The van der Waals surface area contributed by atoms with Crippen molar-refractivity contribution in [3.05, 3.63) is 52.0 Å². The molecule has 2 heterocycles. The standard InChI is InChI=1S/C18H19F2N3O6/c1-9-3-10(5-11(4-9)28-2)12(25)6-14-21-8-23(17(27)22-14)16-18(19,20)15(26)13(7-24)29-16/h3-5,8,13,15-16,24,26H,6-7H2,1-2H3/t13-,15-,16-/m1/s1. The molecule has 0 amide bonds. The van der Waals surface area contributed by atoms with Crippen molar-refractivity contribution in [1.29, 1.82) is 0 Å². The maximum atomic E-state index is 14.2. The molecule has 29 heavy (non-hydrogen) atoms. The van der Waals surface area contributed by atoms with Gasteiger partial charge < -0.3 is 19.7 Å². The highest BCUT2D eigenvalue weighted by Gasteiger charge is 2.59. The molecule has 156 valence electrons. The largest absolute Gasteiger partial charge is 0.497 e. The quantitative estimate of drug-likeness (QED) is 0.649. The van der Waals surface area contributed by atoms with Gasteiger partial charge in [0.25, 0.3) is 0 Å². The first-order valence-electron chi connectivity index (χ1n) is 8.62. The van der Waals surface area contributed by atoms with E-state index in [1.54, 1.807) is 19.1 Å². The lowest BCUT2D eigenvalue weighted by molar-refractivity contribution is -0.141. The lowest BCUT2D eigenvalue weighted by Gasteiger charge is -2.20. The van der Waals surface area contributed by atoms with Crippen LogP contribution in [0.5, 0.6) is 5.75 Å². The summed E-state index contributed by atoms with van der Waals surface area (Å²) in [5.41, 5.74) is -0.00377. The number of Topliss-reactive ketones (excluding diaryl/α,β-unsaturated/α-hetero) is 1. The van der Waals surface area contributed by atoms with E-state index in [9.17, 15) is 23.5 Å². The summed E-state index contributed by atoms with van der Waals surface area (Å²) < 4.78 is 38.8. The molecule has 0 saturated carbocycles. The zero-order chi connectivity index (χ0) is 21.3. The van der Waals surface area contributed by atoms with Gasteiger partial charge in [-0.05, 0) is 30.7 Å². The van der Waals surface area contributed by atoms with Gasteiger partial charge in [0.15, 0.2) is 11.9 Å². The van der Waals surface area contributed by atoms with Gasteiger partial charge >= 0.3 is 11.6 Å². The van der Waals surface area contributed by atoms with Gasteiger partial charge in [-0.2, -0.15) is 13.8 Å². The molecule has 0 radical (unpaired) electrons. The normalized spacial score (nSPS) is 23.2. The molecule has 1 saturated heterocycles. The van der Waals surface area contributed by atoms with Crippen LogP contribution in [0.15, 0.2) is 29.3 Å². The van der Waals surface area contributed by atoms with E-state index in [1.165, 1.54) is 13.2 Å². The number of hydrogen-bond donors (Lipinski definition) is 2. The fourth-order valence-electron chi connectivity index (χ4n) is 3.01. The Morgan fingerprint density at radius 3 is 2.69 bits per heavy atom. The van der Waals surface area contributed by atoms with Crippen LogP contribution in [0.25, 0.3) is 0 Å². The zero-order valence-electron chi connectivity index (χ0n) is 15.6. The predicted molar refractivity (Wildman–Crippen MR) is 94.0 cm³/mol. The number of methoxy groups -OCH3 is 1. The maximum Gasteiger partial charge on any atom is 0.352 e. The average Bonchev–Trinajstić information content (AvgIpc) is 2.90. The van der Waals surface area contributed by atoms with Gasteiger partial charge in [0.2, 0.25) is 6.23 Å². The second kappa shape index (κ2) is 7.93. The highest BCUT2D eigenvalue weighted by molar-refractivity contribution is 5.97. The summed E-state index contributed by atoms with van der Waals surface area (Å²) in [7, 11) is 1.46. The maximum absolute atomic E-state index is 14.2. The molecule has 3 atom stereocenters. The summed E-state index contributed by atoms with van der Waals surface area (Å²) in [4.78, 5) is 32.1. The number of ketones is 1. The van der Waals surface area contributed by atoms with Gasteiger partial charge in [0.1, 0.15) is 24.0 Å². The number of hydrogen-bond acceptors (Lipinski definition) is 8. The fourth-order valence-corrected chi connectivity index (χ4v) is 3.01. The fraction of sp³-hybridized carbons (Fsp3) is 0.444. The monoisotopic (exact) mass is 411 g/mol. The summed E-state index contributed by atoms with van der Waals surface area (Å²) in [6.45, 7) is 0.933. The van der Waals surface area contributed by atoms with Crippen molar-refractivity contribution in [1.82, 2.24) is 14.5 Å². The van der Waals surface area contributed by atoms with Crippen molar-refractivity contribution in [2.24, 2.45) is 0 Å². The van der Waals surface area contributed by atoms with Gasteiger partial charge in [0, 0.05) is 5.56 Å². The highest BCUT2D eigenvalue weighted by Crippen LogP contribution is 2.41. The first-order valence-corrected chi connectivity index (χ1v) is 8.62. The number of carbonyl (C=O) groups is 1. The Balaban J connectivity index is 1.83. The molecule has 0 bridgehead atoms. The molecule has 1 aliphatic heterocycles. The van der Waals surface area contributed by atoms with Crippen LogP contribution >= 0.6 is 0 Å². The zero-order valence-corrected chi connectivity index (χ0v) is 15.6. The van der Waals surface area contributed by atoms with Crippen molar-refractivity contribution in [2.75, 3.05) is 13.7 Å². The number of halogens is 2. The number of aromatic nitrogens is 3. The smallest absolute Gasteiger partial charge is 0.352 e. The lowest BCUT2D eigenvalue weighted by atomic mass is 10.0. The van der Waals surface area contributed by atoms with Crippen molar-refractivity contribution < 1.29 is 33.3 Å². The predicted octanol–water partition coefficient (Wildman–Crippen LogP) is 0.267. The van der Waals surface area contributed by atoms with E-state index in [2.05, 4.69) is 9.97 Å². The van der Waals surface area contributed by atoms with Crippen LogP contribution in [0.4, 0.5) is 8.78 Å². The van der Waals surface area contributed by atoms with Crippen LogP contribution < -0.4 is 10.4 Å². The molecule has 3 rings (SSSR count). The second-order valence-electron chi connectivity index (χ2n) is 6.63. The molecular formula is C18H19F2N3O6. The van der Waals surface area contributed by atoms with Crippen molar-refractivity contribution >= 4 is 5.78 Å². The van der Waals surface area contributed by atoms with Crippen molar-refractivity contribution in [3.63, 3.8) is 0 Å². The first-order chi connectivity index (χ1) is 13.7. The number of rotatable bonds is 6. The summed E-state index contributed by atoms with van der Waals surface area (Å²) in [6.07, 6.45) is -5.57. The molecule has 2 N–H and O–H groups in total. The molecule has 1 aliphatic rings. The average molecular weight is 411 g/mol. The Morgan fingerprint density at radius 2 is 2.10 bits per heavy atom. The number of aliphatic hydroxyl groups excluding tert-OH is 2. The van der Waals surface area contributed by atoms with E-state index in [0.717, 1.165) is 11.9 Å². The molecule has 0 aliphatic carbocycles. The second-order valence-corrected chi connectivity index (χ2v) is 6.63. The molecule has 0 spiro atoms. The van der Waals surface area contributed by atoms with Crippen LogP contribution in [0.1, 0.15) is 28.0 Å². The highest BCUT2D eigenvalue weighted by atomic mass is 19.3. The number of aliphatic hydroxyl groups is 2. The van der Waals surface area contributed by atoms with Crippen LogP contribution in [0, 0.1) is 6.92 Å². The third kappa shape index (κ3) is 4.02.